The van der Waals surface area contributed by atoms with E-state index in [0.29, 0.717) is 0 Å². The van der Waals surface area contributed by atoms with Crippen LogP contribution in [0.4, 0.5) is 4.39 Å². The van der Waals surface area contributed by atoms with Crippen molar-refractivity contribution in [1.29, 1.82) is 0 Å². The van der Waals surface area contributed by atoms with Crippen molar-refractivity contribution in [2.24, 2.45) is 0 Å². The van der Waals surface area contributed by atoms with Crippen molar-refractivity contribution in [3.8, 4) is 11.3 Å². The number of halogens is 2. The van der Waals surface area contributed by atoms with Crippen LogP contribution in [0.5, 0.6) is 0 Å². The van der Waals surface area contributed by atoms with Gasteiger partial charge in [0.05, 0.1) is 10.7 Å². The minimum absolute atomic E-state index is 0.126. The van der Waals surface area contributed by atoms with Crippen molar-refractivity contribution >= 4 is 11.6 Å². The number of aromatic nitrogens is 1. The molecule has 1 aromatic heterocycles. The first-order valence-electron chi connectivity index (χ1n) is 5.12. The molecule has 0 bridgehead atoms. The van der Waals surface area contributed by atoms with E-state index in [9.17, 15) is 4.39 Å². The maximum absolute atomic E-state index is 13.0. The van der Waals surface area contributed by atoms with E-state index in [1.807, 2.05) is 25.1 Å². The number of aryl methyl sites for hydroxylation is 1. The first-order chi connectivity index (χ1) is 7.70. The molecule has 1 heterocycles. The van der Waals surface area contributed by atoms with Gasteiger partial charge in [0.1, 0.15) is 5.82 Å². The largest absolute Gasteiger partial charge is 0.253 e. The summed E-state index contributed by atoms with van der Waals surface area (Å²) in [5.41, 5.74) is 2.67. The Morgan fingerprint density at radius 1 is 1.25 bits per heavy atom. The highest BCUT2D eigenvalue weighted by molar-refractivity contribution is 6.31. The molecule has 0 aliphatic carbocycles. The van der Waals surface area contributed by atoms with Crippen LogP contribution < -0.4 is 0 Å². The average Bonchev–Trinajstić information content (AvgIpc) is 2.33. The summed E-state index contributed by atoms with van der Waals surface area (Å²) >= 11 is 5.73. The van der Waals surface area contributed by atoms with Crippen molar-refractivity contribution in [2.45, 2.75) is 13.3 Å². The van der Waals surface area contributed by atoms with Gasteiger partial charge in [-0.2, -0.15) is 0 Å². The maximum Gasteiger partial charge on any atom is 0.141 e. The van der Waals surface area contributed by atoms with Gasteiger partial charge >= 0.3 is 0 Å². The fourth-order valence-electron chi connectivity index (χ4n) is 1.49. The molecule has 1 nitrogen and oxygen atoms in total. The highest BCUT2D eigenvalue weighted by atomic mass is 35.5. The van der Waals surface area contributed by atoms with Gasteiger partial charge in [-0.05, 0) is 36.8 Å². The van der Waals surface area contributed by atoms with Crippen LogP contribution in [-0.2, 0) is 6.42 Å². The van der Waals surface area contributed by atoms with Crippen LogP contribution in [0.2, 0.25) is 5.02 Å². The quantitative estimate of drug-likeness (QED) is 0.764. The summed E-state index contributed by atoms with van der Waals surface area (Å²) < 4.78 is 13.0. The third-order valence-corrected chi connectivity index (χ3v) is 2.67. The Morgan fingerprint density at radius 3 is 2.75 bits per heavy atom. The Hall–Kier alpha value is -1.41. The zero-order valence-corrected chi connectivity index (χ0v) is 9.63. The Kier molecular flexibility index (Phi) is 3.20. The van der Waals surface area contributed by atoms with Crippen molar-refractivity contribution in [3.63, 3.8) is 0 Å². The summed E-state index contributed by atoms with van der Waals surface area (Å²) in [6.07, 6.45) is 0.878. The van der Waals surface area contributed by atoms with E-state index in [1.165, 1.54) is 6.07 Å². The molecule has 2 aromatic rings. The van der Waals surface area contributed by atoms with Gasteiger partial charge in [0.15, 0.2) is 0 Å². The number of pyridine rings is 1. The lowest BCUT2D eigenvalue weighted by Crippen LogP contribution is -1.90. The van der Waals surface area contributed by atoms with Crippen molar-refractivity contribution in [3.05, 3.63) is 52.9 Å². The second-order valence-electron chi connectivity index (χ2n) is 3.50. The van der Waals surface area contributed by atoms with Crippen molar-refractivity contribution in [2.75, 3.05) is 0 Å². The van der Waals surface area contributed by atoms with E-state index < -0.39 is 5.82 Å². The maximum atomic E-state index is 13.0. The average molecular weight is 236 g/mol. The molecular formula is C13H11ClFN. The molecule has 1 aromatic carbocycles. The SMILES string of the molecule is CCc1cccc(-c2ccc(F)c(Cl)c2)n1. The van der Waals surface area contributed by atoms with E-state index in [0.717, 1.165) is 23.4 Å². The van der Waals surface area contributed by atoms with Gasteiger partial charge in [0.2, 0.25) is 0 Å². The smallest absolute Gasteiger partial charge is 0.141 e. The zero-order valence-electron chi connectivity index (χ0n) is 8.87. The van der Waals surface area contributed by atoms with Crippen LogP contribution in [-0.4, -0.2) is 4.98 Å². The number of rotatable bonds is 2. The molecule has 3 heteroatoms. The summed E-state index contributed by atoms with van der Waals surface area (Å²) in [5, 5.41) is 0.126. The number of hydrogen-bond acceptors (Lipinski definition) is 1. The third-order valence-electron chi connectivity index (χ3n) is 2.38. The van der Waals surface area contributed by atoms with Gasteiger partial charge in [0.25, 0.3) is 0 Å². The van der Waals surface area contributed by atoms with Gasteiger partial charge in [-0.3, -0.25) is 4.98 Å². The topological polar surface area (TPSA) is 12.9 Å². The first-order valence-corrected chi connectivity index (χ1v) is 5.50. The van der Waals surface area contributed by atoms with Crippen LogP contribution in [0.15, 0.2) is 36.4 Å². The minimum Gasteiger partial charge on any atom is -0.253 e. The number of nitrogens with zero attached hydrogens (tertiary/aromatic N) is 1. The lowest BCUT2D eigenvalue weighted by Gasteiger charge is -2.04. The molecule has 0 radical (unpaired) electrons. The molecule has 0 fully saturated rings. The molecule has 82 valence electrons. The van der Waals surface area contributed by atoms with Crippen LogP contribution >= 0.6 is 11.6 Å². The molecule has 0 amide bonds. The monoisotopic (exact) mass is 235 g/mol. The molecule has 0 spiro atoms. The highest BCUT2D eigenvalue weighted by Crippen LogP contribution is 2.23. The predicted molar refractivity (Wildman–Crippen MR) is 64.0 cm³/mol. The van der Waals surface area contributed by atoms with Crippen LogP contribution in [0.1, 0.15) is 12.6 Å². The lowest BCUT2D eigenvalue weighted by atomic mass is 10.1. The lowest BCUT2D eigenvalue weighted by molar-refractivity contribution is 0.628. The second kappa shape index (κ2) is 4.62. The Balaban J connectivity index is 2.46. The predicted octanol–water partition coefficient (Wildman–Crippen LogP) is 4.10. The standard InChI is InChI=1S/C13H11ClFN/c1-2-10-4-3-5-13(16-10)9-6-7-12(15)11(14)8-9/h3-8H,2H2,1H3. The number of hydrogen-bond donors (Lipinski definition) is 0. The zero-order chi connectivity index (χ0) is 11.5. The third kappa shape index (κ3) is 2.22. The Bertz CT molecular complexity index is 511. The molecular weight excluding hydrogens is 225 g/mol. The molecule has 0 N–H and O–H groups in total. The fraction of sp³-hybridized carbons (Fsp3) is 0.154. The Morgan fingerprint density at radius 2 is 2.06 bits per heavy atom. The van der Waals surface area contributed by atoms with Crippen LogP contribution in [0, 0.1) is 5.82 Å². The first kappa shape index (κ1) is 11.1. The minimum atomic E-state index is -0.405. The Labute approximate surface area is 98.9 Å². The van der Waals surface area contributed by atoms with E-state index in [4.69, 9.17) is 11.6 Å². The van der Waals surface area contributed by atoms with Gasteiger partial charge < -0.3 is 0 Å². The molecule has 0 aliphatic rings. The number of benzene rings is 1. The second-order valence-corrected chi connectivity index (χ2v) is 3.90. The molecule has 0 saturated carbocycles. The van der Waals surface area contributed by atoms with Gasteiger partial charge in [0, 0.05) is 11.3 Å². The van der Waals surface area contributed by atoms with Crippen LogP contribution in [0.3, 0.4) is 0 Å². The molecule has 0 saturated heterocycles. The van der Waals surface area contributed by atoms with E-state index in [2.05, 4.69) is 4.98 Å². The van der Waals surface area contributed by atoms with Gasteiger partial charge in [-0.1, -0.05) is 24.6 Å². The van der Waals surface area contributed by atoms with Gasteiger partial charge in [-0.25, -0.2) is 4.39 Å². The summed E-state index contributed by atoms with van der Waals surface area (Å²) in [6, 6.07) is 10.4. The van der Waals surface area contributed by atoms with Crippen molar-refractivity contribution in [1.82, 2.24) is 4.98 Å². The highest BCUT2D eigenvalue weighted by Gasteiger charge is 2.04. The fourth-order valence-corrected chi connectivity index (χ4v) is 1.67. The van der Waals surface area contributed by atoms with Crippen LogP contribution in [0.25, 0.3) is 11.3 Å². The molecule has 0 atom stereocenters. The summed E-state index contributed by atoms with van der Waals surface area (Å²) in [5.74, 6) is -0.405. The summed E-state index contributed by atoms with van der Waals surface area (Å²) in [6.45, 7) is 2.05. The van der Waals surface area contributed by atoms with Crippen molar-refractivity contribution < 1.29 is 4.39 Å². The normalized spacial score (nSPS) is 10.4. The van der Waals surface area contributed by atoms with E-state index in [1.54, 1.807) is 12.1 Å². The molecule has 16 heavy (non-hydrogen) atoms. The summed E-state index contributed by atoms with van der Waals surface area (Å²) in [7, 11) is 0. The molecule has 0 aliphatic heterocycles. The van der Waals surface area contributed by atoms with E-state index in [-0.39, 0.29) is 5.02 Å². The molecule has 0 unspecified atom stereocenters. The van der Waals surface area contributed by atoms with E-state index >= 15 is 0 Å². The molecule has 2 rings (SSSR count). The van der Waals surface area contributed by atoms with Gasteiger partial charge in [-0.15, -0.1) is 0 Å². The summed E-state index contributed by atoms with van der Waals surface area (Å²) in [4.78, 5) is 4.45.